The van der Waals surface area contributed by atoms with Crippen LogP contribution in [0.5, 0.6) is 0 Å². The van der Waals surface area contributed by atoms with Crippen LogP contribution >= 0.6 is 11.3 Å². The summed E-state index contributed by atoms with van der Waals surface area (Å²) in [5.41, 5.74) is -7.97. The largest absolute Gasteiger partial charge is 0.479 e. The van der Waals surface area contributed by atoms with Gasteiger partial charge in [0.2, 0.25) is 11.6 Å². The van der Waals surface area contributed by atoms with Gasteiger partial charge in [-0.2, -0.15) is 0 Å². The second kappa shape index (κ2) is 13.0. The van der Waals surface area contributed by atoms with Gasteiger partial charge in [0.1, 0.15) is 0 Å². The zero-order valence-corrected chi connectivity index (χ0v) is 23.0. The Morgan fingerprint density at radius 1 is 0.854 bits per heavy atom. The van der Waals surface area contributed by atoms with Crippen LogP contribution in [-0.4, -0.2) is 74.8 Å². The van der Waals surface area contributed by atoms with Gasteiger partial charge in [0.05, 0.1) is 12.7 Å². The van der Waals surface area contributed by atoms with Crippen LogP contribution in [0.4, 0.5) is 0 Å². The molecule has 2 aromatic carbocycles. The number of ketones is 2. The molecule has 0 amide bonds. The maximum Gasteiger partial charge on any atom is 0.348 e. The molecule has 0 aliphatic carbocycles. The Kier molecular flexibility index (Phi) is 9.89. The van der Waals surface area contributed by atoms with Crippen molar-refractivity contribution < 1.29 is 49.1 Å². The molecule has 0 radical (unpaired) electrons. The van der Waals surface area contributed by atoms with Crippen LogP contribution < -0.4 is 5.32 Å². The van der Waals surface area contributed by atoms with Gasteiger partial charge < -0.3 is 30.5 Å². The molecule has 0 spiro atoms. The Bertz CT molecular complexity index is 1360. The van der Waals surface area contributed by atoms with E-state index in [2.05, 4.69) is 5.32 Å². The summed E-state index contributed by atoms with van der Waals surface area (Å²) in [6.07, 6.45) is 2.38. The molecule has 12 heteroatoms. The predicted octanol–water partition coefficient (Wildman–Crippen LogP) is 2.65. The molecule has 4 rings (SSSR count). The van der Waals surface area contributed by atoms with Crippen molar-refractivity contribution >= 4 is 40.8 Å². The number of hydrogen-bond acceptors (Lipinski definition) is 10. The number of carboxylic acids is 2. The van der Waals surface area contributed by atoms with E-state index in [-0.39, 0.29) is 5.97 Å². The van der Waals surface area contributed by atoms with E-state index < -0.39 is 45.8 Å². The first kappa shape index (κ1) is 31.3. The van der Waals surface area contributed by atoms with Gasteiger partial charge in [-0.25, -0.2) is 14.4 Å². The first-order valence-corrected chi connectivity index (χ1v) is 13.2. The molecule has 1 unspecified atom stereocenters. The summed E-state index contributed by atoms with van der Waals surface area (Å²) in [7, 11) is 1.42. The fourth-order valence-corrected chi connectivity index (χ4v) is 5.47. The summed E-state index contributed by atoms with van der Waals surface area (Å²) in [6, 6.07) is 15.2. The minimum atomic E-state index is -3.95. The third-order valence-electron chi connectivity index (χ3n) is 6.62. The van der Waals surface area contributed by atoms with Gasteiger partial charge in [-0.05, 0) is 32.4 Å². The molecule has 1 aromatic heterocycles. The van der Waals surface area contributed by atoms with Gasteiger partial charge in [0.25, 0.3) is 11.2 Å². The molecule has 1 aliphatic rings. The SMILES string of the molecule is COC(=O)c1cc(C2CCCN2)sc1C.O=C(O)[C@@](O)(C(=O)c1ccccc1)[C@@](O)(C(=O)O)C(=O)c1ccccc1. The average molecular weight is 584 g/mol. The quantitative estimate of drug-likeness (QED) is 0.142. The topological polar surface area (TPSA) is 188 Å². The summed E-state index contributed by atoms with van der Waals surface area (Å²) in [5, 5.41) is 43.3. The number of aliphatic carboxylic acids is 2. The van der Waals surface area contributed by atoms with E-state index in [1.165, 1.54) is 61.2 Å². The van der Waals surface area contributed by atoms with Crippen molar-refractivity contribution in [2.24, 2.45) is 0 Å². The van der Waals surface area contributed by atoms with Crippen molar-refractivity contribution in [2.45, 2.75) is 37.0 Å². The molecule has 0 saturated carbocycles. The smallest absolute Gasteiger partial charge is 0.348 e. The summed E-state index contributed by atoms with van der Waals surface area (Å²) in [6.45, 7) is 3.05. The van der Waals surface area contributed by atoms with Gasteiger partial charge in [-0.3, -0.25) is 9.59 Å². The van der Waals surface area contributed by atoms with Crippen molar-refractivity contribution in [1.82, 2.24) is 5.32 Å². The average Bonchev–Trinajstić information content (AvgIpc) is 3.66. The van der Waals surface area contributed by atoms with E-state index >= 15 is 0 Å². The number of carbonyl (C=O) groups is 5. The maximum atomic E-state index is 12.6. The van der Waals surface area contributed by atoms with Crippen LogP contribution in [0.15, 0.2) is 66.7 Å². The summed E-state index contributed by atoms with van der Waals surface area (Å²) in [5.74, 6) is -8.26. The molecule has 11 nitrogen and oxygen atoms in total. The Balaban J connectivity index is 0.000000260. The first-order chi connectivity index (χ1) is 19.4. The standard InChI is InChI=1S/C18H14O8.C11H15NO2S/c19-13(11-7-3-1-4-8-11)17(25,15(21)22)18(26,16(23)24)14(20)12-9-5-2-6-10-12;1-7-8(11(13)14-2)6-10(15-7)9-4-3-5-12-9/h1-10,25-26H,(H,21,22)(H,23,24);6,9,12H,3-5H2,1-2H3/t17-,18-;/m0./s1. The normalized spacial score (nSPS) is 17.2. The van der Waals surface area contributed by atoms with Gasteiger partial charge >= 0.3 is 17.9 Å². The molecule has 1 aliphatic heterocycles. The Hall–Kier alpha value is -4.23. The van der Waals surface area contributed by atoms with Gasteiger partial charge in [-0.15, -0.1) is 11.3 Å². The summed E-state index contributed by atoms with van der Waals surface area (Å²) in [4.78, 5) is 62.3. The molecule has 1 saturated heterocycles. The number of hydrogen-bond donors (Lipinski definition) is 5. The molecule has 0 bridgehead atoms. The number of aliphatic hydroxyl groups is 2. The molecule has 41 heavy (non-hydrogen) atoms. The lowest BCUT2D eigenvalue weighted by Gasteiger charge is -2.34. The Morgan fingerprint density at radius 3 is 1.68 bits per heavy atom. The monoisotopic (exact) mass is 583 g/mol. The van der Waals surface area contributed by atoms with Crippen molar-refractivity contribution in [3.05, 3.63) is 93.2 Å². The van der Waals surface area contributed by atoms with Crippen LogP contribution in [0.3, 0.4) is 0 Å². The fraction of sp³-hybridized carbons (Fsp3) is 0.276. The number of esters is 1. The number of nitrogens with one attached hydrogen (secondary N) is 1. The van der Waals surface area contributed by atoms with Crippen molar-refractivity contribution in [1.29, 1.82) is 0 Å². The van der Waals surface area contributed by atoms with Crippen LogP contribution in [0.2, 0.25) is 0 Å². The van der Waals surface area contributed by atoms with Crippen LogP contribution in [0, 0.1) is 6.92 Å². The van der Waals surface area contributed by atoms with Crippen molar-refractivity contribution in [2.75, 3.05) is 13.7 Å². The third-order valence-corrected chi connectivity index (χ3v) is 7.78. The fourth-order valence-electron chi connectivity index (χ4n) is 4.35. The lowest BCUT2D eigenvalue weighted by molar-refractivity contribution is -0.187. The van der Waals surface area contributed by atoms with Crippen molar-refractivity contribution in [3.63, 3.8) is 0 Å². The number of methoxy groups -OCH3 is 1. The van der Waals surface area contributed by atoms with Crippen LogP contribution in [0.25, 0.3) is 0 Å². The minimum Gasteiger partial charge on any atom is -0.479 e. The predicted molar refractivity (Wildman–Crippen MR) is 147 cm³/mol. The van der Waals surface area contributed by atoms with E-state index in [9.17, 15) is 44.4 Å². The highest BCUT2D eigenvalue weighted by atomic mass is 32.1. The molecule has 5 N–H and O–H groups in total. The van der Waals surface area contributed by atoms with Gasteiger partial charge in [0.15, 0.2) is 0 Å². The van der Waals surface area contributed by atoms with E-state index in [0.717, 1.165) is 35.7 Å². The van der Waals surface area contributed by atoms with E-state index in [1.807, 2.05) is 13.0 Å². The maximum absolute atomic E-state index is 12.6. The number of thiophene rings is 1. The Morgan fingerprint density at radius 2 is 1.32 bits per heavy atom. The third kappa shape index (κ3) is 6.10. The van der Waals surface area contributed by atoms with Gasteiger partial charge in [-0.1, -0.05) is 60.7 Å². The molecule has 3 aromatic rings. The van der Waals surface area contributed by atoms with E-state index in [0.29, 0.717) is 11.6 Å². The van der Waals surface area contributed by atoms with E-state index in [4.69, 9.17) is 4.74 Å². The number of aryl methyl sites for hydroxylation is 1. The Labute approximate surface area is 239 Å². The molecule has 216 valence electrons. The number of ether oxygens (including phenoxy) is 1. The second-order valence-corrected chi connectivity index (χ2v) is 10.5. The lowest BCUT2D eigenvalue weighted by Crippen LogP contribution is -2.71. The van der Waals surface area contributed by atoms with E-state index in [1.54, 1.807) is 11.3 Å². The number of carbonyl (C=O) groups excluding carboxylic acids is 3. The van der Waals surface area contributed by atoms with Gasteiger partial charge in [0, 0.05) is 26.9 Å². The summed E-state index contributed by atoms with van der Waals surface area (Å²) < 4.78 is 4.74. The summed E-state index contributed by atoms with van der Waals surface area (Å²) >= 11 is 1.69. The zero-order chi connectivity index (χ0) is 30.4. The number of benzene rings is 2. The molecular weight excluding hydrogens is 554 g/mol. The molecule has 3 atom stereocenters. The van der Waals surface area contributed by atoms with Crippen LogP contribution in [0.1, 0.15) is 59.7 Å². The molecule has 1 fully saturated rings. The number of carboxylic acid groups (broad SMARTS) is 2. The molecule has 2 heterocycles. The van der Waals surface area contributed by atoms with Crippen LogP contribution in [-0.2, 0) is 14.3 Å². The highest BCUT2D eigenvalue weighted by Crippen LogP contribution is 2.33. The highest BCUT2D eigenvalue weighted by molar-refractivity contribution is 7.12. The zero-order valence-electron chi connectivity index (χ0n) is 22.2. The lowest BCUT2D eigenvalue weighted by atomic mass is 9.73. The number of rotatable bonds is 9. The molecular formula is C29H29NO10S. The number of Topliss-reactive ketones (excluding diaryl/α,β-unsaturated/α-hetero) is 2. The van der Waals surface area contributed by atoms with Crippen molar-refractivity contribution in [3.8, 4) is 0 Å². The highest BCUT2D eigenvalue weighted by Gasteiger charge is 2.69. The first-order valence-electron chi connectivity index (χ1n) is 12.4. The minimum absolute atomic E-state index is 0.229. The second-order valence-electron chi connectivity index (χ2n) is 9.18.